The summed E-state index contributed by atoms with van der Waals surface area (Å²) in [6, 6.07) is 16.7. The highest BCUT2D eigenvalue weighted by Crippen LogP contribution is 2.61. The molecule has 3 fully saturated rings. The van der Waals surface area contributed by atoms with E-state index in [0.29, 0.717) is 60.1 Å². The summed E-state index contributed by atoms with van der Waals surface area (Å²) < 4.78 is 106. The van der Waals surface area contributed by atoms with Crippen molar-refractivity contribution in [3.63, 3.8) is 0 Å². The van der Waals surface area contributed by atoms with Gasteiger partial charge in [0.1, 0.15) is 36.3 Å². The number of aliphatic hydroxyl groups excluding tert-OH is 2. The second kappa shape index (κ2) is 54.5. The van der Waals surface area contributed by atoms with Crippen LogP contribution in [0.1, 0.15) is 231 Å². The van der Waals surface area contributed by atoms with Gasteiger partial charge in [0, 0.05) is 75.2 Å². The third-order valence-corrected chi connectivity index (χ3v) is 26.9. The van der Waals surface area contributed by atoms with Crippen LogP contribution in [-0.2, 0) is 113 Å². The van der Waals surface area contributed by atoms with Gasteiger partial charge in [-0.1, -0.05) is 131 Å². The minimum Gasteiger partial charge on any atom is -0.546 e. The zero-order valence-electron chi connectivity index (χ0n) is 68.7. The first-order valence-corrected chi connectivity index (χ1v) is 44.9. The van der Waals surface area contributed by atoms with E-state index in [9.17, 15) is 56.1 Å². The number of benzene rings is 1. The number of carbonyl (C=O) groups is 6. The van der Waals surface area contributed by atoms with Crippen molar-refractivity contribution >= 4 is 72.2 Å². The van der Waals surface area contributed by atoms with Crippen LogP contribution in [0.15, 0.2) is 120 Å². The Hall–Kier alpha value is -7.20. The molecule has 110 heavy (non-hydrogen) atoms. The third kappa shape index (κ3) is 39.8. The Morgan fingerprint density at radius 1 is 0.700 bits per heavy atom. The Bertz CT molecular complexity index is 3640. The molecular weight excluding hydrogens is 1500 g/mol. The Labute approximate surface area is 656 Å². The van der Waals surface area contributed by atoms with Gasteiger partial charge in [0.25, 0.3) is 0 Å². The van der Waals surface area contributed by atoms with Crippen LogP contribution in [0.5, 0.6) is 0 Å². The number of Topliss-reactive ketones (excluding diaryl/α,β-unsaturated/α-hetero) is 1. The SMILES string of the molecule is C/C(OC(=O)CO)=C(\C#N)Cc1ccoc1.CC(=O)O/C(C)=C(\Cc1ccccc1)C(C)=O.CC(C)(C)CC(=O)O/C(=C(\[N+](=O)[O-])S(C)(=O)=O)C1CCCCC1.CC/C(C(=O)OC)=C(/C)OC(=O)CO.CCCC/C(=C(/C)O[Si](CC)(CC)CC)S(C)=O.COP(=O)(OC)/C(=C(\C)OC1CCCCO1)C1CCCCC1. The smallest absolute Gasteiger partial charge is 0.397 e. The van der Waals surface area contributed by atoms with Gasteiger partial charge in [-0.3, -0.25) is 33.3 Å². The quantitative estimate of drug-likeness (QED) is 0.00790. The maximum Gasteiger partial charge on any atom is 0.397 e. The Morgan fingerprint density at radius 3 is 1.64 bits per heavy atom. The maximum atomic E-state index is 13.0. The third-order valence-electron chi connectivity index (χ3n) is 17.9. The molecule has 2 aliphatic carbocycles. The largest absolute Gasteiger partial charge is 0.546 e. The average Bonchev–Trinajstić information content (AvgIpc) is 0.830. The second-order valence-electron chi connectivity index (χ2n) is 27.6. The monoisotopic (exact) mass is 1620 g/mol. The molecule has 1 aliphatic heterocycles. The first kappa shape index (κ1) is 103. The number of unbranched alkanes of at least 4 members (excludes halogenated alkanes) is 1. The van der Waals surface area contributed by atoms with Gasteiger partial charge in [-0.25, -0.2) is 22.8 Å². The van der Waals surface area contributed by atoms with Crippen LogP contribution in [0.25, 0.3) is 0 Å². The predicted octanol–water partition coefficient (Wildman–Crippen LogP) is 16.9. The van der Waals surface area contributed by atoms with E-state index >= 15 is 0 Å². The van der Waals surface area contributed by atoms with E-state index in [2.05, 4.69) is 37.2 Å². The minimum absolute atomic E-state index is 0.0535. The van der Waals surface area contributed by atoms with E-state index in [1.165, 1.54) is 68.0 Å². The molecule has 622 valence electrons. The van der Waals surface area contributed by atoms with Crippen LogP contribution in [0, 0.1) is 38.7 Å². The number of nitrogens with zero attached hydrogens (tertiary/aromatic N) is 2. The lowest BCUT2D eigenvalue weighted by Crippen LogP contribution is -2.35. The number of furan rings is 1. The number of carbonyl (C=O) groups excluding carboxylic acids is 6. The van der Waals surface area contributed by atoms with Crippen LogP contribution >= 0.6 is 7.60 Å². The molecule has 31 heteroatoms. The van der Waals surface area contributed by atoms with Crippen LogP contribution in [-0.4, -0.2) is 132 Å². The van der Waals surface area contributed by atoms with Crippen molar-refractivity contribution in [1.29, 1.82) is 5.26 Å². The van der Waals surface area contributed by atoms with Gasteiger partial charge in [0.2, 0.25) is 23.9 Å². The lowest BCUT2D eigenvalue weighted by atomic mass is 9.88. The number of rotatable bonds is 32. The van der Waals surface area contributed by atoms with Gasteiger partial charge in [-0.2, -0.15) is 5.26 Å². The number of sulfone groups is 1. The number of ketones is 1. The highest BCUT2D eigenvalue weighted by atomic mass is 32.2. The first-order chi connectivity index (χ1) is 51.7. The Balaban J connectivity index is 0.00000131. The maximum absolute atomic E-state index is 13.0. The number of ether oxygens (including phenoxy) is 7. The summed E-state index contributed by atoms with van der Waals surface area (Å²) in [4.78, 5) is 78.4. The first-order valence-electron chi connectivity index (χ1n) is 37.4. The van der Waals surface area contributed by atoms with Crippen LogP contribution in [0.2, 0.25) is 18.1 Å². The van der Waals surface area contributed by atoms with Crippen molar-refractivity contribution < 1.29 is 112 Å². The van der Waals surface area contributed by atoms with Crippen LogP contribution in [0.4, 0.5) is 0 Å². The number of esters is 5. The van der Waals surface area contributed by atoms with Crippen molar-refractivity contribution in [3.8, 4) is 6.07 Å². The summed E-state index contributed by atoms with van der Waals surface area (Å²) in [7, 11) is -5.77. The summed E-state index contributed by atoms with van der Waals surface area (Å²) in [5.41, 5.74) is 2.62. The molecule has 5 rings (SSSR count). The number of nitro groups is 1. The molecule has 0 radical (unpaired) electrons. The van der Waals surface area contributed by atoms with Gasteiger partial charge < -0.3 is 61.3 Å². The van der Waals surface area contributed by atoms with E-state index in [-0.39, 0.29) is 52.7 Å². The lowest BCUT2D eigenvalue weighted by Gasteiger charge is -2.31. The Morgan fingerprint density at radius 2 is 1.23 bits per heavy atom. The van der Waals surface area contributed by atoms with Crippen LogP contribution in [0.3, 0.4) is 0 Å². The topological polar surface area (TPSA) is 384 Å². The molecular formula is C79H125N2O25PS2Si. The molecule has 0 amide bonds. The summed E-state index contributed by atoms with van der Waals surface area (Å²) in [5, 5.41) is 36.8. The fourth-order valence-corrected chi connectivity index (χ4v) is 18.1. The standard InChI is InChI=1S/C16H29O5P.C15H25NO6S.C14H16O3.C14H30O2SSi.C11H11NO4.C9H14O5/c1-13(21-15-11-7-8-12-20-15)16(22(17,18-2)19-3)14-9-5-4-6-10-14;1-15(2,3)10-12(17)22-13(11-8-6-5-7-9-11)14(16(18)19)23(4,20)21;1-10(15)14(11(2)17-12(3)16)9-13-7-5-4-6-8-13;1-7-11-12-14(17(6)15)13(5)16-18(8-2,9-3)10-4;1-8(16-11(14)6-13)10(5-12)4-9-2-3-15-7-9;1-4-7(9(12)13-3)6(2)14-8(11)5-10/h14-15H,4-12H2,1-3H3;11H,5-10H2,1-4H3;4-8H,9H2,1-3H3;7-12H2,1-6H3;2-3,7,13H,4,6H2,1H3;10H,4-5H2,1-3H3/b16-13+;14-13+;14-11+;14-13+;10-8+;7-6+. The van der Waals surface area contributed by atoms with Crippen molar-refractivity contribution in [2.45, 2.75) is 257 Å². The van der Waals surface area contributed by atoms with Crippen molar-refractivity contribution in [1.82, 2.24) is 0 Å². The number of hydrogen-bond acceptors (Lipinski definition) is 26. The average molecular weight is 1630 g/mol. The number of hydrogen-bond donors (Lipinski definition) is 2. The normalized spacial score (nSPS) is 16.4. The molecule has 1 aromatic carbocycles. The summed E-state index contributed by atoms with van der Waals surface area (Å²) in [5.74, 6) is -1.35. The van der Waals surface area contributed by atoms with Gasteiger partial charge in [-0.05, 0) is 146 Å². The van der Waals surface area contributed by atoms with Gasteiger partial charge in [-0.15, -0.1) is 0 Å². The summed E-state index contributed by atoms with van der Waals surface area (Å²) in [6.45, 7) is 26.7. The number of methoxy groups -OCH3 is 1. The molecule has 1 aromatic heterocycles. The molecule has 2 N–H and O–H groups in total. The van der Waals surface area contributed by atoms with Gasteiger partial charge in [0.15, 0.2) is 12.1 Å². The molecule has 2 unspecified atom stereocenters. The summed E-state index contributed by atoms with van der Waals surface area (Å²) >= 11 is 0. The fraction of sp³-hybridized carbons (Fsp3) is 0.633. The van der Waals surface area contributed by atoms with E-state index in [1.54, 1.807) is 26.2 Å². The molecule has 0 spiro atoms. The van der Waals surface area contributed by atoms with Crippen molar-refractivity contribution in [3.05, 3.63) is 137 Å². The summed E-state index contributed by atoms with van der Waals surface area (Å²) in [6.07, 6.45) is 22.1. The molecule has 1 saturated heterocycles. The predicted molar refractivity (Wildman–Crippen MR) is 423 cm³/mol. The Kier molecular flexibility index (Phi) is 50.9. The molecule has 2 atom stereocenters. The second-order valence-corrected chi connectivity index (χ2v) is 37.9. The lowest BCUT2D eigenvalue weighted by molar-refractivity contribution is -0.415. The molecule has 2 saturated carbocycles. The molecule has 27 nitrogen and oxygen atoms in total. The fourth-order valence-electron chi connectivity index (χ4n) is 11.9. The van der Waals surface area contributed by atoms with Gasteiger partial charge >= 0.3 is 42.5 Å². The van der Waals surface area contributed by atoms with E-state index in [0.717, 1.165) is 136 Å². The molecule has 3 aliphatic rings. The van der Waals surface area contributed by atoms with E-state index < -0.39 is 95.5 Å². The highest BCUT2D eigenvalue weighted by molar-refractivity contribution is 7.94. The number of aliphatic hydroxyl groups is 2. The van der Waals surface area contributed by atoms with E-state index in [4.69, 9.17) is 57.0 Å². The van der Waals surface area contributed by atoms with Crippen molar-refractivity contribution in [2.24, 2.45) is 17.3 Å². The van der Waals surface area contributed by atoms with Gasteiger partial charge in [0.05, 0.1) is 70.8 Å². The zero-order valence-corrected chi connectivity index (χ0v) is 72.2. The zero-order chi connectivity index (χ0) is 84.0. The minimum atomic E-state index is -4.10. The highest BCUT2D eigenvalue weighted by Gasteiger charge is 2.40. The van der Waals surface area contributed by atoms with E-state index in [1.807, 2.05) is 71.0 Å². The molecule has 0 bridgehead atoms. The number of allylic oxidation sites excluding steroid dienone is 10. The van der Waals surface area contributed by atoms with Crippen LogP contribution < -0.4 is 0 Å². The molecule has 2 aromatic rings. The molecule has 2 heterocycles. The number of nitriles is 1. The van der Waals surface area contributed by atoms with Crippen molar-refractivity contribution in [2.75, 3.05) is 53.7 Å².